The molecule has 0 heterocycles. The Bertz CT molecular complexity index is 338. The van der Waals surface area contributed by atoms with E-state index in [1.165, 1.54) is 44.2 Å². The second-order valence-corrected chi connectivity index (χ2v) is 5.89. The summed E-state index contributed by atoms with van der Waals surface area (Å²) < 4.78 is 0. The van der Waals surface area contributed by atoms with Crippen LogP contribution in [-0.4, -0.2) is 6.54 Å². The molecule has 0 unspecified atom stereocenters. The third-order valence-corrected chi connectivity index (χ3v) is 4.77. The van der Waals surface area contributed by atoms with Crippen molar-refractivity contribution < 1.29 is 0 Å². The van der Waals surface area contributed by atoms with Crippen molar-refractivity contribution in [3.8, 4) is 0 Å². The van der Waals surface area contributed by atoms with E-state index in [0.717, 1.165) is 24.3 Å². The van der Waals surface area contributed by atoms with E-state index in [1.54, 1.807) is 0 Å². The van der Waals surface area contributed by atoms with Gasteiger partial charge in [0.2, 0.25) is 0 Å². The van der Waals surface area contributed by atoms with E-state index in [9.17, 15) is 0 Å². The molecule has 3 saturated carbocycles. The molecule has 0 aliphatic heterocycles. The van der Waals surface area contributed by atoms with Crippen LogP contribution >= 0.6 is 0 Å². The predicted octanol–water partition coefficient (Wildman–Crippen LogP) is 3.60. The van der Waals surface area contributed by atoms with Gasteiger partial charge in [-0.15, -0.1) is 0 Å². The van der Waals surface area contributed by atoms with Crippen molar-refractivity contribution in [2.24, 2.45) is 17.8 Å². The van der Waals surface area contributed by atoms with Crippen LogP contribution in [0.15, 0.2) is 30.3 Å². The first-order valence-corrected chi connectivity index (χ1v) is 7.16. The summed E-state index contributed by atoms with van der Waals surface area (Å²) in [5.74, 6) is 3.05. The van der Waals surface area contributed by atoms with Crippen LogP contribution in [0.4, 0.5) is 0 Å². The Morgan fingerprint density at radius 1 is 1.00 bits per heavy atom. The molecule has 1 aromatic rings. The second-order valence-electron chi connectivity index (χ2n) is 5.89. The highest BCUT2D eigenvalue weighted by atomic mass is 14.9. The van der Waals surface area contributed by atoms with Crippen LogP contribution in [0.1, 0.15) is 37.7 Å². The molecular weight excluding hydrogens is 206 g/mol. The van der Waals surface area contributed by atoms with Crippen LogP contribution in [-0.2, 0) is 6.54 Å². The van der Waals surface area contributed by atoms with Gasteiger partial charge in [-0.3, -0.25) is 0 Å². The zero-order valence-electron chi connectivity index (χ0n) is 10.6. The van der Waals surface area contributed by atoms with Crippen molar-refractivity contribution in [3.63, 3.8) is 0 Å². The topological polar surface area (TPSA) is 12.0 Å². The molecule has 0 spiro atoms. The van der Waals surface area contributed by atoms with Crippen molar-refractivity contribution in [1.82, 2.24) is 5.32 Å². The largest absolute Gasteiger partial charge is 0.312 e. The fourth-order valence-electron chi connectivity index (χ4n) is 3.76. The Balaban J connectivity index is 1.46. The van der Waals surface area contributed by atoms with Gasteiger partial charge in [-0.2, -0.15) is 0 Å². The summed E-state index contributed by atoms with van der Waals surface area (Å²) in [7, 11) is 0. The quantitative estimate of drug-likeness (QED) is 0.831. The van der Waals surface area contributed by atoms with Gasteiger partial charge >= 0.3 is 0 Å². The Labute approximate surface area is 105 Å². The molecule has 0 amide bonds. The Hall–Kier alpha value is -0.820. The minimum Gasteiger partial charge on any atom is -0.312 e. The first-order chi connectivity index (χ1) is 8.42. The molecule has 1 heteroatoms. The van der Waals surface area contributed by atoms with E-state index in [2.05, 4.69) is 35.6 Å². The highest BCUT2D eigenvalue weighted by molar-refractivity contribution is 5.14. The average Bonchev–Trinajstić information content (AvgIpc) is 2.41. The minimum atomic E-state index is 0.964. The van der Waals surface area contributed by atoms with Crippen LogP contribution < -0.4 is 5.32 Å². The van der Waals surface area contributed by atoms with Gasteiger partial charge < -0.3 is 5.32 Å². The highest BCUT2D eigenvalue weighted by Crippen LogP contribution is 2.44. The zero-order valence-corrected chi connectivity index (χ0v) is 10.6. The number of hydrogen-bond donors (Lipinski definition) is 1. The Morgan fingerprint density at radius 2 is 1.76 bits per heavy atom. The van der Waals surface area contributed by atoms with Gasteiger partial charge in [0.15, 0.2) is 0 Å². The number of hydrogen-bond acceptors (Lipinski definition) is 1. The minimum absolute atomic E-state index is 0.964. The number of rotatable bonds is 4. The number of nitrogens with one attached hydrogen (secondary N) is 1. The molecule has 4 rings (SSSR count). The first-order valence-electron chi connectivity index (χ1n) is 7.16. The lowest BCUT2D eigenvalue weighted by Crippen LogP contribution is -2.37. The monoisotopic (exact) mass is 229 g/mol. The van der Waals surface area contributed by atoms with Gasteiger partial charge in [0.25, 0.3) is 0 Å². The molecule has 3 aliphatic rings. The molecule has 17 heavy (non-hydrogen) atoms. The normalized spacial score (nSPS) is 31.6. The summed E-state index contributed by atoms with van der Waals surface area (Å²) >= 11 is 0. The summed E-state index contributed by atoms with van der Waals surface area (Å²) in [6, 6.07) is 10.8. The lowest BCUT2D eigenvalue weighted by molar-refractivity contribution is 0.0980. The molecule has 3 fully saturated rings. The molecule has 0 saturated heterocycles. The third kappa shape index (κ3) is 2.71. The van der Waals surface area contributed by atoms with Gasteiger partial charge in [-0.05, 0) is 49.1 Å². The molecule has 92 valence electrons. The van der Waals surface area contributed by atoms with Crippen molar-refractivity contribution in [3.05, 3.63) is 35.9 Å². The fourth-order valence-corrected chi connectivity index (χ4v) is 3.76. The molecule has 2 bridgehead atoms. The third-order valence-electron chi connectivity index (χ3n) is 4.77. The maximum absolute atomic E-state index is 3.66. The molecular formula is C16H23N. The first kappa shape index (κ1) is 11.3. The number of benzene rings is 1. The number of fused-ring (bicyclic) bond motifs is 3. The zero-order chi connectivity index (χ0) is 11.5. The van der Waals surface area contributed by atoms with Crippen LogP contribution in [0.25, 0.3) is 0 Å². The average molecular weight is 229 g/mol. The van der Waals surface area contributed by atoms with E-state index < -0.39 is 0 Å². The van der Waals surface area contributed by atoms with Crippen molar-refractivity contribution in [2.75, 3.05) is 6.54 Å². The molecule has 1 nitrogen and oxygen atoms in total. The van der Waals surface area contributed by atoms with Gasteiger partial charge in [0, 0.05) is 6.54 Å². The standard InChI is InChI=1S/C16H23N/c1-2-4-14(5-3-1)11-17-12-16-10-13-6-8-15(16)9-7-13/h1-5,13,15-17H,6-12H2/t13?,15?,16-/m0/s1. The van der Waals surface area contributed by atoms with Crippen LogP contribution in [0.3, 0.4) is 0 Å². The summed E-state index contributed by atoms with van der Waals surface area (Å²) in [5, 5.41) is 3.66. The summed E-state index contributed by atoms with van der Waals surface area (Å²) in [5.41, 5.74) is 1.41. The van der Waals surface area contributed by atoms with E-state index in [4.69, 9.17) is 0 Å². The van der Waals surface area contributed by atoms with E-state index in [-0.39, 0.29) is 0 Å². The maximum atomic E-state index is 3.66. The molecule has 1 atom stereocenters. The smallest absolute Gasteiger partial charge is 0.0205 e. The Kier molecular flexibility index (Phi) is 3.46. The summed E-state index contributed by atoms with van der Waals surface area (Å²) in [6.07, 6.45) is 7.52. The predicted molar refractivity (Wildman–Crippen MR) is 71.7 cm³/mol. The van der Waals surface area contributed by atoms with Crippen LogP contribution in [0.5, 0.6) is 0 Å². The van der Waals surface area contributed by atoms with E-state index >= 15 is 0 Å². The van der Waals surface area contributed by atoms with Gasteiger partial charge in [-0.1, -0.05) is 43.2 Å². The maximum Gasteiger partial charge on any atom is 0.0205 e. The molecule has 1 aromatic carbocycles. The van der Waals surface area contributed by atoms with Crippen molar-refractivity contribution in [1.29, 1.82) is 0 Å². The molecule has 3 aliphatic carbocycles. The lowest BCUT2D eigenvalue weighted by Gasteiger charge is -2.42. The Morgan fingerprint density at radius 3 is 2.41 bits per heavy atom. The van der Waals surface area contributed by atoms with Crippen LogP contribution in [0.2, 0.25) is 0 Å². The lowest BCUT2D eigenvalue weighted by atomic mass is 9.65. The SMILES string of the molecule is c1ccc(CNC[C@@H]2CC3CCC2CC3)cc1. The fraction of sp³-hybridized carbons (Fsp3) is 0.625. The summed E-state index contributed by atoms with van der Waals surface area (Å²) in [6.45, 7) is 2.27. The highest BCUT2D eigenvalue weighted by Gasteiger charge is 2.34. The van der Waals surface area contributed by atoms with Gasteiger partial charge in [-0.25, -0.2) is 0 Å². The molecule has 1 N–H and O–H groups in total. The molecule has 0 aromatic heterocycles. The second kappa shape index (κ2) is 5.22. The van der Waals surface area contributed by atoms with Gasteiger partial charge in [0.05, 0.1) is 0 Å². The van der Waals surface area contributed by atoms with E-state index in [1.807, 2.05) is 0 Å². The van der Waals surface area contributed by atoms with Gasteiger partial charge in [0.1, 0.15) is 0 Å². The van der Waals surface area contributed by atoms with Crippen LogP contribution in [0, 0.1) is 17.8 Å². The van der Waals surface area contributed by atoms with Crippen molar-refractivity contribution >= 4 is 0 Å². The summed E-state index contributed by atoms with van der Waals surface area (Å²) in [4.78, 5) is 0. The van der Waals surface area contributed by atoms with E-state index in [0.29, 0.717) is 0 Å². The van der Waals surface area contributed by atoms with Crippen molar-refractivity contribution in [2.45, 2.75) is 38.6 Å². The molecule has 0 radical (unpaired) electrons.